The first-order valence-corrected chi connectivity index (χ1v) is 6.39. The standard InChI is InChI=1S/C14H10ClN4O2/c1-21-12-10(13(16)20)6-11(19-14(12)17-7-18-19)8-2-4-9(15)5-3-8/h2-6H,1H3,(H2,16,20). The number of amides is 1. The van der Waals surface area contributed by atoms with Crippen LogP contribution in [0.2, 0.25) is 5.02 Å². The molecule has 0 bridgehead atoms. The number of carbonyl (C=O) groups is 1. The van der Waals surface area contributed by atoms with Crippen LogP contribution in [0.15, 0.2) is 30.3 Å². The maximum absolute atomic E-state index is 11.6. The van der Waals surface area contributed by atoms with E-state index in [2.05, 4.69) is 16.4 Å². The van der Waals surface area contributed by atoms with Crippen molar-refractivity contribution in [3.63, 3.8) is 0 Å². The molecule has 0 saturated carbocycles. The second-order valence-electron chi connectivity index (χ2n) is 4.29. The molecular weight excluding hydrogens is 292 g/mol. The van der Waals surface area contributed by atoms with Crippen molar-refractivity contribution in [2.24, 2.45) is 5.73 Å². The van der Waals surface area contributed by atoms with Crippen LogP contribution < -0.4 is 10.5 Å². The minimum Gasteiger partial charge on any atom is -0.492 e. The largest absolute Gasteiger partial charge is 0.492 e. The van der Waals surface area contributed by atoms with Crippen molar-refractivity contribution in [3.8, 4) is 17.0 Å². The number of halogens is 1. The van der Waals surface area contributed by atoms with Gasteiger partial charge in [0.25, 0.3) is 5.91 Å². The Hall–Kier alpha value is -2.60. The Morgan fingerprint density at radius 3 is 2.71 bits per heavy atom. The number of rotatable bonds is 3. The van der Waals surface area contributed by atoms with Crippen molar-refractivity contribution >= 4 is 23.2 Å². The van der Waals surface area contributed by atoms with Gasteiger partial charge in [0.15, 0.2) is 11.4 Å². The average Bonchev–Trinajstić information content (AvgIpc) is 2.95. The number of hydrogen-bond acceptors (Lipinski definition) is 4. The molecule has 21 heavy (non-hydrogen) atoms. The van der Waals surface area contributed by atoms with Crippen LogP contribution in [0.25, 0.3) is 16.9 Å². The molecule has 0 aliphatic heterocycles. The average molecular weight is 302 g/mol. The molecule has 0 saturated heterocycles. The summed E-state index contributed by atoms with van der Waals surface area (Å²) in [5.74, 6) is -0.332. The SMILES string of the molecule is COc1c(C(N)=O)cc(-c2ccc(Cl)cc2)n2n[c]nc12. The van der Waals surface area contributed by atoms with Gasteiger partial charge in [0.05, 0.1) is 18.4 Å². The normalized spacial score (nSPS) is 10.8. The van der Waals surface area contributed by atoms with Gasteiger partial charge in [-0.15, -0.1) is 5.10 Å². The Kier molecular flexibility index (Phi) is 3.23. The quantitative estimate of drug-likeness (QED) is 0.801. The number of aromatic nitrogens is 3. The maximum atomic E-state index is 11.6. The topological polar surface area (TPSA) is 82.5 Å². The number of carbonyl (C=O) groups excluding carboxylic acids is 1. The highest BCUT2D eigenvalue weighted by Gasteiger charge is 2.19. The fourth-order valence-electron chi connectivity index (χ4n) is 2.12. The number of fused-ring (bicyclic) bond motifs is 1. The van der Waals surface area contributed by atoms with Crippen LogP contribution in [-0.2, 0) is 0 Å². The number of hydrogen-bond donors (Lipinski definition) is 1. The Bertz CT molecular complexity index is 827. The van der Waals surface area contributed by atoms with Crippen molar-refractivity contribution in [2.45, 2.75) is 0 Å². The first-order chi connectivity index (χ1) is 10.1. The third-order valence-corrected chi connectivity index (χ3v) is 3.32. The van der Waals surface area contributed by atoms with Gasteiger partial charge >= 0.3 is 0 Å². The number of ether oxygens (including phenoxy) is 1. The van der Waals surface area contributed by atoms with E-state index in [0.717, 1.165) is 5.56 Å². The van der Waals surface area contributed by atoms with Crippen LogP contribution in [-0.4, -0.2) is 27.6 Å². The van der Waals surface area contributed by atoms with Crippen LogP contribution in [0.4, 0.5) is 0 Å². The highest BCUT2D eigenvalue weighted by Crippen LogP contribution is 2.30. The van der Waals surface area contributed by atoms with Crippen LogP contribution in [0.3, 0.4) is 0 Å². The lowest BCUT2D eigenvalue weighted by Gasteiger charge is -2.11. The van der Waals surface area contributed by atoms with Gasteiger partial charge in [-0.2, -0.15) is 0 Å². The Morgan fingerprint density at radius 2 is 2.10 bits per heavy atom. The number of methoxy groups -OCH3 is 1. The van der Waals surface area contributed by atoms with Gasteiger partial charge in [0.1, 0.15) is 0 Å². The van der Waals surface area contributed by atoms with Crippen molar-refractivity contribution in [3.05, 3.63) is 47.2 Å². The molecule has 105 valence electrons. The molecule has 7 heteroatoms. The molecule has 0 fully saturated rings. The molecule has 1 amide bonds. The van der Waals surface area contributed by atoms with Gasteiger partial charge < -0.3 is 10.5 Å². The van der Waals surface area contributed by atoms with Crippen molar-refractivity contribution < 1.29 is 9.53 Å². The second-order valence-corrected chi connectivity index (χ2v) is 4.73. The smallest absolute Gasteiger partial charge is 0.252 e. The summed E-state index contributed by atoms with van der Waals surface area (Å²) in [4.78, 5) is 15.6. The zero-order valence-electron chi connectivity index (χ0n) is 11.0. The van der Waals surface area contributed by atoms with Crippen molar-refractivity contribution in [2.75, 3.05) is 7.11 Å². The number of benzene rings is 1. The minimum atomic E-state index is -0.604. The summed E-state index contributed by atoms with van der Waals surface area (Å²) in [7, 11) is 1.44. The van der Waals surface area contributed by atoms with E-state index in [4.69, 9.17) is 22.1 Å². The first-order valence-electron chi connectivity index (χ1n) is 6.01. The molecule has 0 spiro atoms. The van der Waals surface area contributed by atoms with E-state index in [0.29, 0.717) is 16.4 Å². The van der Waals surface area contributed by atoms with E-state index in [1.807, 2.05) is 12.1 Å². The van der Waals surface area contributed by atoms with Gasteiger partial charge in [0.2, 0.25) is 6.33 Å². The van der Waals surface area contributed by atoms with Gasteiger partial charge in [-0.3, -0.25) is 4.79 Å². The van der Waals surface area contributed by atoms with Gasteiger partial charge in [-0.05, 0) is 18.2 Å². The molecule has 2 heterocycles. The summed E-state index contributed by atoms with van der Waals surface area (Å²) < 4.78 is 6.76. The number of pyridine rings is 1. The molecule has 2 N–H and O–H groups in total. The summed E-state index contributed by atoms with van der Waals surface area (Å²) in [5, 5.41) is 4.66. The molecular formula is C14H10ClN4O2. The van der Waals surface area contributed by atoms with Crippen LogP contribution >= 0.6 is 11.6 Å². The van der Waals surface area contributed by atoms with E-state index in [9.17, 15) is 4.79 Å². The summed E-state index contributed by atoms with van der Waals surface area (Å²) in [6, 6.07) is 8.74. The molecule has 1 aromatic carbocycles. The fourth-order valence-corrected chi connectivity index (χ4v) is 2.24. The lowest BCUT2D eigenvalue weighted by atomic mass is 10.1. The third kappa shape index (κ3) is 2.19. The van der Waals surface area contributed by atoms with Gasteiger partial charge in [-0.1, -0.05) is 23.7 Å². The molecule has 3 rings (SSSR count). The first kappa shape index (κ1) is 13.4. The zero-order chi connectivity index (χ0) is 15.0. The third-order valence-electron chi connectivity index (χ3n) is 3.07. The molecule has 6 nitrogen and oxygen atoms in total. The Balaban J connectivity index is 2.35. The predicted molar refractivity (Wildman–Crippen MR) is 77.3 cm³/mol. The van der Waals surface area contributed by atoms with Crippen molar-refractivity contribution in [1.29, 1.82) is 0 Å². The zero-order valence-corrected chi connectivity index (χ0v) is 11.8. The molecule has 0 aliphatic rings. The summed E-state index contributed by atoms with van der Waals surface area (Å²) in [6.07, 6.45) is 2.50. The summed E-state index contributed by atoms with van der Waals surface area (Å²) in [6.45, 7) is 0. The minimum absolute atomic E-state index is 0.233. The second kappa shape index (κ2) is 5.06. The fraction of sp³-hybridized carbons (Fsp3) is 0.0714. The van der Waals surface area contributed by atoms with Gasteiger partial charge in [-0.25, -0.2) is 9.50 Å². The van der Waals surface area contributed by atoms with Crippen LogP contribution in [0.5, 0.6) is 5.75 Å². The lowest BCUT2D eigenvalue weighted by molar-refractivity contribution is 0.0997. The highest BCUT2D eigenvalue weighted by atomic mass is 35.5. The van der Waals surface area contributed by atoms with E-state index in [1.165, 1.54) is 11.6 Å². The number of primary amides is 1. The van der Waals surface area contributed by atoms with E-state index >= 15 is 0 Å². The lowest BCUT2D eigenvalue weighted by Crippen LogP contribution is -2.14. The molecule has 0 unspecified atom stereocenters. The highest BCUT2D eigenvalue weighted by molar-refractivity contribution is 6.30. The van der Waals surface area contributed by atoms with Gasteiger partial charge in [0, 0.05) is 10.6 Å². The maximum Gasteiger partial charge on any atom is 0.252 e. The van der Waals surface area contributed by atoms with Crippen LogP contribution in [0.1, 0.15) is 10.4 Å². The van der Waals surface area contributed by atoms with Crippen LogP contribution in [0, 0.1) is 6.33 Å². The molecule has 3 aromatic rings. The summed E-state index contributed by atoms with van der Waals surface area (Å²) in [5.41, 5.74) is 7.48. The van der Waals surface area contributed by atoms with E-state index in [-0.39, 0.29) is 11.3 Å². The van der Waals surface area contributed by atoms with E-state index in [1.54, 1.807) is 18.2 Å². The predicted octanol–water partition coefficient (Wildman–Crippen LogP) is 1.96. The summed E-state index contributed by atoms with van der Waals surface area (Å²) >= 11 is 5.89. The Morgan fingerprint density at radius 1 is 1.38 bits per heavy atom. The van der Waals surface area contributed by atoms with E-state index < -0.39 is 5.91 Å². The molecule has 0 aliphatic carbocycles. The van der Waals surface area contributed by atoms with Crippen molar-refractivity contribution in [1.82, 2.24) is 14.6 Å². The number of nitrogens with two attached hydrogens (primary N) is 1. The monoisotopic (exact) mass is 301 g/mol. The number of nitrogens with zero attached hydrogens (tertiary/aromatic N) is 3. The molecule has 0 atom stereocenters. The molecule has 1 radical (unpaired) electrons. The Labute approximate surface area is 125 Å². The molecule has 2 aromatic heterocycles.